The van der Waals surface area contributed by atoms with Gasteiger partial charge in [0.25, 0.3) is 0 Å². The molecular weight excluding hydrogens is 218 g/mol. The van der Waals surface area contributed by atoms with E-state index >= 15 is 0 Å². The zero-order valence-corrected chi connectivity index (χ0v) is 9.75. The third-order valence-electron chi connectivity index (χ3n) is 2.63. The Hall–Kier alpha value is -2.17. The Bertz CT molecular complexity index is 610. The fraction of sp³-hybridized carbons (Fsp3) is 0.250. The second-order valence-corrected chi connectivity index (χ2v) is 3.92. The van der Waals surface area contributed by atoms with Crippen molar-refractivity contribution in [2.24, 2.45) is 7.05 Å². The Morgan fingerprint density at radius 2 is 2.06 bits per heavy atom. The average Bonchev–Trinajstić information content (AvgIpc) is 2.61. The summed E-state index contributed by atoms with van der Waals surface area (Å²) < 4.78 is 2.50. The largest absolute Gasteiger partial charge is 0.345 e. The standard InChI is InChI=1S/C12H13N3O2/c1-9-5-3-4-6-10(9)11(16)7-15-12(17)14(2)8-13-15/h3-6,8H,7H2,1-2H3. The van der Waals surface area contributed by atoms with Gasteiger partial charge in [-0.2, -0.15) is 5.10 Å². The molecule has 0 bridgehead atoms. The average molecular weight is 231 g/mol. The summed E-state index contributed by atoms with van der Waals surface area (Å²) in [6.07, 6.45) is 1.40. The quantitative estimate of drug-likeness (QED) is 0.733. The zero-order valence-electron chi connectivity index (χ0n) is 9.75. The van der Waals surface area contributed by atoms with Crippen LogP contribution in [0.4, 0.5) is 0 Å². The molecule has 2 aromatic rings. The van der Waals surface area contributed by atoms with Crippen molar-refractivity contribution in [2.45, 2.75) is 13.5 Å². The van der Waals surface area contributed by atoms with Gasteiger partial charge in [-0.05, 0) is 12.5 Å². The second kappa shape index (κ2) is 4.37. The minimum absolute atomic E-state index is 0.0233. The van der Waals surface area contributed by atoms with Crippen molar-refractivity contribution in [3.63, 3.8) is 0 Å². The van der Waals surface area contributed by atoms with Crippen LogP contribution in [-0.4, -0.2) is 20.1 Å². The summed E-state index contributed by atoms with van der Waals surface area (Å²) in [5, 5.41) is 3.86. The van der Waals surface area contributed by atoms with Crippen molar-refractivity contribution < 1.29 is 4.79 Å². The molecule has 0 spiro atoms. The smallest absolute Gasteiger partial charge is 0.292 e. The van der Waals surface area contributed by atoms with Crippen LogP contribution in [0.1, 0.15) is 15.9 Å². The van der Waals surface area contributed by atoms with Crippen LogP contribution in [0.15, 0.2) is 35.4 Å². The number of hydrogen-bond acceptors (Lipinski definition) is 3. The Kier molecular flexibility index (Phi) is 2.91. The van der Waals surface area contributed by atoms with Crippen molar-refractivity contribution in [3.05, 3.63) is 52.2 Å². The fourth-order valence-electron chi connectivity index (χ4n) is 1.64. The highest BCUT2D eigenvalue weighted by Gasteiger charge is 2.11. The van der Waals surface area contributed by atoms with E-state index in [9.17, 15) is 9.59 Å². The summed E-state index contributed by atoms with van der Waals surface area (Å²) >= 11 is 0. The van der Waals surface area contributed by atoms with E-state index in [0.29, 0.717) is 5.56 Å². The Morgan fingerprint density at radius 3 is 2.65 bits per heavy atom. The summed E-state index contributed by atoms with van der Waals surface area (Å²) in [6.45, 7) is 1.85. The molecule has 5 nitrogen and oxygen atoms in total. The molecule has 0 atom stereocenters. The number of ketones is 1. The van der Waals surface area contributed by atoms with Crippen LogP contribution in [0.2, 0.25) is 0 Å². The van der Waals surface area contributed by atoms with Gasteiger partial charge in [-0.1, -0.05) is 24.3 Å². The van der Waals surface area contributed by atoms with Gasteiger partial charge in [0.05, 0.1) is 0 Å². The molecular formula is C12H13N3O2. The first-order chi connectivity index (χ1) is 8.09. The highest BCUT2D eigenvalue weighted by Crippen LogP contribution is 2.08. The van der Waals surface area contributed by atoms with Gasteiger partial charge in [-0.3, -0.25) is 9.36 Å². The Labute approximate surface area is 98.3 Å². The topological polar surface area (TPSA) is 56.9 Å². The maximum atomic E-state index is 12.0. The molecule has 0 saturated heterocycles. The predicted molar refractivity (Wildman–Crippen MR) is 63.0 cm³/mol. The molecule has 17 heavy (non-hydrogen) atoms. The minimum atomic E-state index is -0.285. The lowest BCUT2D eigenvalue weighted by Crippen LogP contribution is -2.26. The molecule has 0 N–H and O–H groups in total. The maximum absolute atomic E-state index is 12.0. The van der Waals surface area contributed by atoms with Crippen LogP contribution in [-0.2, 0) is 13.6 Å². The molecule has 0 aliphatic carbocycles. The molecule has 1 aromatic carbocycles. The summed E-state index contributed by atoms with van der Waals surface area (Å²) in [5.74, 6) is -0.107. The van der Waals surface area contributed by atoms with Gasteiger partial charge in [0.1, 0.15) is 12.9 Å². The zero-order chi connectivity index (χ0) is 12.4. The molecule has 88 valence electrons. The Morgan fingerprint density at radius 1 is 1.35 bits per heavy atom. The molecule has 0 aliphatic rings. The van der Waals surface area contributed by atoms with E-state index in [1.54, 1.807) is 19.2 Å². The molecule has 0 unspecified atom stereocenters. The van der Waals surface area contributed by atoms with Gasteiger partial charge in [-0.25, -0.2) is 9.48 Å². The molecule has 0 fully saturated rings. The molecule has 0 aliphatic heterocycles. The van der Waals surface area contributed by atoms with Gasteiger partial charge >= 0.3 is 5.69 Å². The van der Waals surface area contributed by atoms with Crippen LogP contribution >= 0.6 is 0 Å². The van der Waals surface area contributed by atoms with Gasteiger partial charge < -0.3 is 0 Å². The summed E-state index contributed by atoms with van der Waals surface area (Å²) in [4.78, 5) is 23.5. The van der Waals surface area contributed by atoms with Crippen molar-refractivity contribution in [1.82, 2.24) is 14.3 Å². The normalized spacial score (nSPS) is 10.5. The van der Waals surface area contributed by atoms with E-state index in [4.69, 9.17) is 0 Å². The summed E-state index contributed by atoms with van der Waals surface area (Å²) in [5.41, 5.74) is 1.25. The number of benzene rings is 1. The van der Waals surface area contributed by atoms with Gasteiger partial charge in [-0.15, -0.1) is 0 Å². The number of aromatic nitrogens is 3. The number of carbonyl (C=O) groups excluding carboxylic acids is 1. The van der Waals surface area contributed by atoms with E-state index in [-0.39, 0.29) is 18.0 Å². The van der Waals surface area contributed by atoms with E-state index < -0.39 is 0 Å². The SMILES string of the molecule is Cc1ccccc1C(=O)Cn1ncn(C)c1=O. The summed E-state index contributed by atoms with van der Waals surface area (Å²) in [6, 6.07) is 7.31. The third kappa shape index (κ3) is 2.18. The maximum Gasteiger partial charge on any atom is 0.345 e. The van der Waals surface area contributed by atoms with Crippen LogP contribution in [0.5, 0.6) is 0 Å². The highest BCUT2D eigenvalue weighted by molar-refractivity contribution is 5.97. The lowest BCUT2D eigenvalue weighted by atomic mass is 10.1. The Balaban J connectivity index is 2.27. The van der Waals surface area contributed by atoms with E-state index in [0.717, 1.165) is 10.2 Å². The van der Waals surface area contributed by atoms with Crippen LogP contribution in [0.25, 0.3) is 0 Å². The predicted octanol–water partition coefficient (Wildman–Crippen LogP) is 0.773. The molecule has 2 rings (SSSR count). The van der Waals surface area contributed by atoms with E-state index in [1.807, 2.05) is 19.1 Å². The first-order valence-corrected chi connectivity index (χ1v) is 5.27. The van der Waals surface area contributed by atoms with Crippen LogP contribution < -0.4 is 5.69 Å². The van der Waals surface area contributed by atoms with Gasteiger partial charge in [0.15, 0.2) is 5.78 Å². The highest BCUT2D eigenvalue weighted by atomic mass is 16.2. The number of hydrogen-bond donors (Lipinski definition) is 0. The van der Waals surface area contributed by atoms with Crippen LogP contribution in [0.3, 0.4) is 0 Å². The van der Waals surface area contributed by atoms with Crippen molar-refractivity contribution in [1.29, 1.82) is 0 Å². The first-order valence-electron chi connectivity index (χ1n) is 5.27. The van der Waals surface area contributed by atoms with E-state index in [1.165, 1.54) is 10.9 Å². The summed E-state index contributed by atoms with van der Waals surface area (Å²) in [7, 11) is 1.60. The molecule has 1 aromatic heterocycles. The van der Waals surface area contributed by atoms with Crippen molar-refractivity contribution in [3.8, 4) is 0 Å². The lowest BCUT2D eigenvalue weighted by Gasteiger charge is -2.03. The monoisotopic (exact) mass is 231 g/mol. The third-order valence-corrected chi connectivity index (χ3v) is 2.63. The molecule has 0 saturated carbocycles. The number of aryl methyl sites for hydroxylation is 2. The fourth-order valence-corrected chi connectivity index (χ4v) is 1.64. The lowest BCUT2D eigenvalue weighted by molar-refractivity contribution is 0.0965. The van der Waals surface area contributed by atoms with Crippen molar-refractivity contribution >= 4 is 5.78 Å². The number of Topliss-reactive ketones (excluding diaryl/α,β-unsaturated/α-hetero) is 1. The molecule has 5 heteroatoms. The number of carbonyl (C=O) groups is 1. The minimum Gasteiger partial charge on any atom is -0.292 e. The van der Waals surface area contributed by atoms with Crippen molar-refractivity contribution in [2.75, 3.05) is 0 Å². The van der Waals surface area contributed by atoms with Crippen LogP contribution in [0, 0.1) is 6.92 Å². The molecule has 0 amide bonds. The van der Waals surface area contributed by atoms with Gasteiger partial charge in [0, 0.05) is 12.6 Å². The molecule has 1 heterocycles. The number of nitrogens with zero attached hydrogens (tertiary/aromatic N) is 3. The first kappa shape index (κ1) is 11.3. The molecule has 0 radical (unpaired) electrons. The second-order valence-electron chi connectivity index (χ2n) is 3.92. The van der Waals surface area contributed by atoms with E-state index in [2.05, 4.69) is 5.10 Å². The number of rotatable bonds is 3. The van der Waals surface area contributed by atoms with Gasteiger partial charge in [0.2, 0.25) is 0 Å².